The van der Waals surface area contributed by atoms with Crippen LogP contribution in [0, 0.1) is 0 Å². The molecule has 0 saturated carbocycles. The van der Waals surface area contributed by atoms with Gasteiger partial charge in [-0.3, -0.25) is 0 Å². The minimum atomic E-state index is 0.820. The molecule has 0 aromatic heterocycles. The second-order valence-electron chi connectivity index (χ2n) is 5.33. The molecule has 0 unspecified atom stereocenters. The standard InChI is InChI=1S/C15H23BrN2O2/c1-4-17-5-7-18(8-6-17)11-12-9-13(16)15(20-3)10-14(12)19-2/h9-10H,4-8,11H2,1-3H3/p+2. The molecular weight excluding hydrogens is 320 g/mol. The Morgan fingerprint density at radius 3 is 2.15 bits per heavy atom. The number of piperazine rings is 1. The van der Waals surface area contributed by atoms with Gasteiger partial charge >= 0.3 is 0 Å². The molecule has 0 aliphatic carbocycles. The Labute approximate surface area is 129 Å². The fraction of sp³-hybridized carbons (Fsp3) is 0.600. The third-order valence-corrected chi connectivity index (χ3v) is 4.78. The van der Waals surface area contributed by atoms with Crippen LogP contribution >= 0.6 is 15.9 Å². The van der Waals surface area contributed by atoms with Crippen molar-refractivity contribution in [1.29, 1.82) is 0 Å². The minimum Gasteiger partial charge on any atom is -0.496 e. The molecule has 1 aliphatic heterocycles. The molecule has 1 saturated heterocycles. The smallest absolute Gasteiger partial charge is 0.136 e. The van der Waals surface area contributed by atoms with Gasteiger partial charge in [-0.05, 0) is 28.9 Å². The van der Waals surface area contributed by atoms with Gasteiger partial charge in [-0.2, -0.15) is 0 Å². The fourth-order valence-electron chi connectivity index (χ4n) is 2.82. The van der Waals surface area contributed by atoms with Gasteiger partial charge in [0.2, 0.25) is 0 Å². The summed E-state index contributed by atoms with van der Waals surface area (Å²) in [7, 11) is 3.40. The highest BCUT2D eigenvalue weighted by Crippen LogP contribution is 2.32. The summed E-state index contributed by atoms with van der Waals surface area (Å²) in [5.74, 6) is 1.74. The molecule has 112 valence electrons. The van der Waals surface area contributed by atoms with Crippen molar-refractivity contribution in [2.45, 2.75) is 13.5 Å². The Morgan fingerprint density at radius 2 is 1.60 bits per heavy atom. The van der Waals surface area contributed by atoms with Gasteiger partial charge in [-0.15, -0.1) is 0 Å². The zero-order chi connectivity index (χ0) is 14.5. The van der Waals surface area contributed by atoms with E-state index in [0.717, 1.165) is 22.5 Å². The van der Waals surface area contributed by atoms with Crippen LogP contribution in [0.4, 0.5) is 0 Å². The zero-order valence-corrected chi connectivity index (χ0v) is 14.2. The van der Waals surface area contributed by atoms with Gasteiger partial charge in [0.15, 0.2) is 0 Å². The first kappa shape index (κ1) is 15.6. The fourth-order valence-corrected chi connectivity index (χ4v) is 3.37. The van der Waals surface area contributed by atoms with Gasteiger partial charge in [0, 0.05) is 11.6 Å². The molecular formula is C15H25BrN2O2+2. The molecule has 1 aliphatic rings. The van der Waals surface area contributed by atoms with Gasteiger partial charge in [0.1, 0.15) is 44.2 Å². The van der Waals surface area contributed by atoms with Crippen molar-refractivity contribution < 1.29 is 19.3 Å². The predicted molar refractivity (Wildman–Crippen MR) is 82.9 cm³/mol. The number of nitrogens with one attached hydrogen (secondary N) is 2. The molecule has 0 spiro atoms. The number of halogens is 1. The summed E-state index contributed by atoms with van der Waals surface area (Å²) in [6.45, 7) is 9.53. The van der Waals surface area contributed by atoms with Crippen molar-refractivity contribution in [2.75, 3.05) is 46.9 Å². The van der Waals surface area contributed by atoms with Crippen molar-refractivity contribution in [3.05, 3.63) is 22.2 Å². The number of quaternary nitrogens is 2. The lowest BCUT2D eigenvalue weighted by Gasteiger charge is -2.29. The summed E-state index contributed by atoms with van der Waals surface area (Å²) in [4.78, 5) is 3.36. The first-order valence-electron chi connectivity index (χ1n) is 7.25. The zero-order valence-electron chi connectivity index (χ0n) is 12.6. The molecule has 2 rings (SSSR count). The van der Waals surface area contributed by atoms with Crippen LogP contribution in [-0.2, 0) is 6.54 Å². The molecule has 2 N–H and O–H groups in total. The van der Waals surface area contributed by atoms with Crippen LogP contribution in [0.25, 0.3) is 0 Å². The molecule has 1 aromatic carbocycles. The maximum atomic E-state index is 5.51. The number of hydrogen-bond acceptors (Lipinski definition) is 2. The lowest BCUT2D eigenvalue weighted by Crippen LogP contribution is -3.27. The van der Waals surface area contributed by atoms with Gasteiger partial charge in [-0.1, -0.05) is 0 Å². The maximum absolute atomic E-state index is 5.51. The molecule has 0 atom stereocenters. The molecule has 0 bridgehead atoms. The Morgan fingerprint density at radius 1 is 1.00 bits per heavy atom. The average molecular weight is 345 g/mol. The first-order valence-corrected chi connectivity index (χ1v) is 8.04. The summed E-state index contributed by atoms with van der Waals surface area (Å²) in [5, 5.41) is 0. The minimum absolute atomic E-state index is 0.820. The predicted octanol–water partition coefficient (Wildman–Crippen LogP) is -0.230. The highest BCUT2D eigenvalue weighted by atomic mass is 79.9. The van der Waals surface area contributed by atoms with E-state index in [-0.39, 0.29) is 0 Å². The molecule has 1 heterocycles. The summed E-state index contributed by atoms with van der Waals surface area (Å²) in [6.07, 6.45) is 0. The van der Waals surface area contributed by atoms with E-state index < -0.39 is 0 Å². The van der Waals surface area contributed by atoms with Crippen molar-refractivity contribution in [2.24, 2.45) is 0 Å². The van der Waals surface area contributed by atoms with E-state index >= 15 is 0 Å². The van der Waals surface area contributed by atoms with E-state index in [0.29, 0.717) is 0 Å². The second-order valence-corrected chi connectivity index (χ2v) is 6.18. The summed E-state index contributed by atoms with van der Waals surface area (Å²) in [5.41, 5.74) is 1.25. The number of methoxy groups -OCH3 is 2. The van der Waals surface area contributed by atoms with E-state index in [1.807, 2.05) is 6.07 Å². The van der Waals surface area contributed by atoms with E-state index in [9.17, 15) is 0 Å². The molecule has 1 fully saturated rings. The van der Waals surface area contributed by atoms with E-state index in [1.165, 1.54) is 38.3 Å². The normalized spacial score (nSPS) is 22.6. The van der Waals surface area contributed by atoms with E-state index in [2.05, 4.69) is 28.9 Å². The van der Waals surface area contributed by atoms with Crippen LogP contribution in [0.3, 0.4) is 0 Å². The molecule has 1 aromatic rings. The van der Waals surface area contributed by atoms with Crippen LogP contribution in [0.2, 0.25) is 0 Å². The maximum Gasteiger partial charge on any atom is 0.136 e. The van der Waals surface area contributed by atoms with Gasteiger partial charge in [-0.25, -0.2) is 0 Å². The quantitative estimate of drug-likeness (QED) is 0.772. The van der Waals surface area contributed by atoms with E-state index in [4.69, 9.17) is 9.47 Å². The van der Waals surface area contributed by atoms with Crippen molar-refractivity contribution in [1.82, 2.24) is 0 Å². The topological polar surface area (TPSA) is 27.3 Å². The monoisotopic (exact) mass is 344 g/mol. The molecule has 5 heteroatoms. The van der Waals surface area contributed by atoms with Crippen LogP contribution < -0.4 is 19.3 Å². The molecule has 0 radical (unpaired) electrons. The third kappa shape index (κ3) is 3.65. The van der Waals surface area contributed by atoms with Crippen LogP contribution in [0.1, 0.15) is 12.5 Å². The second kappa shape index (κ2) is 7.29. The lowest BCUT2D eigenvalue weighted by atomic mass is 10.1. The highest BCUT2D eigenvalue weighted by molar-refractivity contribution is 9.10. The SMILES string of the molecule is CC[NH+]1CC[NH+](Cc2cc(Br)c(OC)cc2OC)CC1. The van der Waals surface area contributed by atoms with Crippen LogP contribution in [-0.4, -0.2) is 46.9 Å². The summed E-state index contributed by atoms with van der Waals surface area (Å²) < 4.78 is 11.8. The van der Waals surface area contributed by atoms with Gasteiger partial charge in [0.05, 0.1) is 25.2 Å². The van der Waals surface area contributed by atoms with E-state index in [1.54, 1.807) is 24.0 Å². The van der Waals surface area contributed by atoms with Gasteiger partial charge < -0.3 is 19.3 Å². The number of ether oxygens (including phenoxy) is 2. The Hall–Kier alpha value is -0.780. The molecule has 0 amide bonds. The number of hydrogen-bond donors (Lipinski definition) is 2. The largest absolute Gasteiger partial charge is 0.496 e. The van der Waals surface area contributed by atoms with Crippen molar-refractivity contribution >= 4 is 15.9 Å². The summed E-state index contributed by atoms with van der Waals surface area (Å²) in [6, 6.07) is 4.09. The Bertz CT molecular complexity index is 446. The lowest BCUT2D eigenvalue weighted by molar-refractivity contribution is -1.02. The highest BCUT2D eigenvalue weighted by Gasteiger charge is 2.23. The molecule has 4 nitrogen and oxygen atoms in total. The van der Waals surface area contributed by atoms with Crippen LogP contribution in [0.5, 0.6) is 11.5 Å². The third-order valence-electron chi connectivity index (χ3n) is 4.16. The Kier molecular flexibility index (Phi) is 5.69. The van der Waals surface area contributed by atoms with Crippen LogP contribution in [0.15, 0.2) is 16.6 Å². The first-order chi connectivity index (χ1) is 9.67. The number of benzene rings is 1. The summed E-state index contributed by atoms with van der Waals surface area (Å²) >= 11 is 3.56. The van der Waals surface area contributed by atoms with Crippen molar-refractivity contribution in [3.63, 3.8) is 0 Å². The molecule has 20 heavy (non-hydrogen) atoms. The Balaban J connectivity index is 2.07. The number of rotatable bonds is 5. The average Bonchev–Trinajstić information content (AvgIpc) is 2.48. The van der Waals surface area contributed by atoms with Crippen molar-refractivity contribution in [3.8, 4) is 11.5 Å². The van der Waals surface area contributed by atoms with Gasteiger partial charge in [0.25, 0.3) is 0 Å². The number of likely N-dealkylation sites (N-methyl/N-ethyl adjacent to an activating group) is 1.